The van der Waals surface area contributed by atoms with Crippen LogP contribution in [-0.4, -0.2) is 50.3 Å². The van der Waals surface area contributed by atoms with Crippen molar-refractivity contribution in [3.8, 4) is 0 Å². The zero-order valence-corrected chi connectivity index (χ0v) is 11.1. The number of nitrogens with zero attached hydrogens (tertiary/aromatic N) is 1. The van der Waals surface area contributed by atoms with Crippen LogP contribution in [0.15, 0.2) is 23.5 Å². The number of imide groups is 1. The fraction of sp³-hybridized carbons (Fsp3) is 0.538. The van der Waals surface area contributed by atoms with E-state index in [1.165, 1.54) is 4.90 Å². The van der Waals surface area contributed by atoms with E-state index < -0.39 is 0 Å². The number of nitrogens with one attached hydrogen (secondary N) is 1. The molecule has 3 amide bonds. The maximum Gasteiger partial charge on any atom is 0.324 e. The van der Waals surface area contributed by atoms with Gasteiger partial charge in [0, 0.05) is 13.7 Å². The molecular weight excluding hydrogens is 248 g/mol. The zero-order valence-electron chi connectivity index (χ0n) is 11.1. The molecule has 0 saturated carbocycles. The van der Waals surface area contributed by atoms with E-state index in [2.05, 4.69) is 11.4 Å². The second kappa shape index (κ2) is 5.88. The summed E-state index contributed by atoms with van der Waals surface area (Å²) in [6.45, 7) is 0.669. The molecule has 6 heteroatoms. The van der Waals surface area contributed by atoms with Crippen LogP contribution in [0.5, 0.6) is 0 Å². The Labute approximate surface area is 112 Å². The van der Waals surface area contributed by atoms with Crippen molar-refractivity contribution in [3.63, 3.8) is 0 Å². The quantitative estimate of drug-likeness (QED) is 0.747. The van der Waals surface area contributed by atoms with Crippen molar-refractivity contribution >= 4 is 11.9 Å². The van der Waals surface area contributed by atoms with E-state index in [-0.39, 0.29) is 24.6 Å². The largest absolute Gasteiger partial charge is 0.498 e. The number of methoxy groups -OCH3 is 2. The Morgan fingerprint density at radius 3 is 2.79 bits per heavy atom. The predicted molar refractivity (Wildman–Crippen MR) is 68.3 cm³/mol. The molecule has 1 N–H and O–H groups in total. The van der Waals surface area contributed by atoms with E-state index in [0.29, 0.717) is 13.0 Å². The molecule has 6 nitrogen and oxygen atoms in total. The van der Waals surface area contributed by atoms with Crippen LogP contribution in [-0.2, 0) is 14.3 Å². The molecule has 19 heavy (non-hydrogen) atoms. The number of carbonyl (C=O) groups is 2. The highest BCUT2D eigenvalue weighted by Crippen LogP contribution is 2.23. The second-order valence-corrected chi connectivity index (χ2v) is 4.51. The van der Waals surface area contributed by atoms with Gasteiger partial charge >= 0.3 is 6.03 Å². The van der Waals surface area contributed by atoms with Gasteiger partial charge in [-0.2, -0.15) is 0 Å². The number of hydrogen-bond acceptors (Lipinski definition) is 4. The molecule has 1 fully saturated rings. The topological polar surface area (TPSA) is 67.9 Å². The van der Waals surface area contributed by atoms with Crippen LogP contribution in [0.2, 0.25) is 0 Å². The van der Waals surface area contributed by atoms with Gasteiger partial charge in [0.05, 0.1) is 7.11 Å². The molecule has 104 valence electrons. The van der Waals surface area contributed by atoms with E-state index in [9.17, 15) is 9.59 Å². The molecule has 0 spiro atoms. The predicted octanol–water partition coefficient (Wildman–Crippen LogP) is 0.804. The normalized spacial score (nSPS) is 23.1. The average Bonchev–Trinajstić information content (AvgIpc) is 2.74. The minimum atomic E-state index is -0.313. The van der Waals surface area contributed by atoms with Gasteiger partial charge in [-0.25, -0.2) is 4.79 Å². The average molecular weight is 266 g/mol. The van der Waals surface area contributed by atoms with Crippen molar-refractivity contribution in [2.75, 3.05) is 27.3 Å². The number of urea groups is 1. The molecule has 1 heterocycles. The molecule has 0 aromatic rings. The lowest BCUT2D eigenvalue weighted by Gasteiger charge is -2.22. The first-order chi connectivity index (χ1) is 9.13. The molecule has 1 atom stereocenters. The molecule has 1 saturated heterocycles. The Kier molecular flexibility index (Phi) is 4.21. The lowest BCUT2D eigenvalue weighted by Crippen LogP contribution is -2.29. The fourth-order valence-corrected chi connectivity index (χ4v) is 2.21. The van der Waals surface area contributed by atoms with E-state index in [4.69, 9.17) is 9.47 Å². The van der Waals surface area contributed by atoms with Gasteiger partial charge in [-0.1, -0.05) is 6.08 Å². The number of ether oxygens (including phenoxy) is 2. The van der Waals surface area contributed by atoms with Gasteiger partial charge in [-0.05, 0) is 24.5 Å². The highest BCUT2D eigenvalue weighted by Gasteiger charge is 2.26. The van der Waals surface area contributed by atoms with Crippen LogP contribution in [0.1, 0.15) is 12.8 Å². The zero-order chi connectivity index (χ0) is 13.8. The molecule has 2 aliphatic rings. The van der Waals surface area contributed by atoms with Gasteiger partial charge in [0.1, 0.15) is 18.4 Å². The maximum atomic E-state index is 11.4. The number of amides is 3. The summed E-state index contributed by atoms with van der Waals surface area (Å²) in [6, 6.07) is -0.313. The number of carbonyl (C=O) groups excluding carboxylic acids is 2. The molecule has 0 radical (unpaired) electrons. The van der Waals surface area contributed by atoms with Crippen LogP contribution < -0.4 is 5.32 Å². The van der Waals surface area contributed by atoms with Crippen molar-refractivity contribution in [3.05, 3.63) is 23.5 Å². The van der Waals surface area contributed by atoms with Crippen LogP contribution in [0.3, 0.4) is 0 Å². The van der Waals surface area contributed by atoms with E-state index in [1.54, 1.807) is 14.2 Å². The Morgan fingerprint density at radius 2 is 2.21 bits per heavy atom. The van der Waals surface area contributed by atoms with Crippen molar-refractivity contribution in [1.82, 2.24) is 10.2 Å². The minimum absolute atomic E-state index is 0.0367. The molecule has 1 aliphatic heterocycles. The summed E-state index contributed by atoms with van der Waals surface area (Å²) in [7, 11) is 3.27. The molecule has 2 rings (SSSR count). The summed E-state index contributed by atoms with van der Waals surface area (Å²) in [4.78, 5) is 24.0. The Hall–Kier alpha value is -1.82. The molecule has 0 aromatic carbocycles. The van der Waals surface area contributed by atoms with Crippen molar-refractivity contribution in [2.45, 2.75) is 18.9 Å². The molecule has 1 unspecified atom stereocenters. The van der Waals surface area contributed by atoms with Gasteiger partial charge in [-0.3, -0.25) is 10.1 Å². The first kappa shape index (κ1) is 13.6. The highest BCUT2D eigenvalue weighted by molar-refractivity contribution is 6.01. The first-order valence-electron chi connectivity index (χ1n) is 6.20. The maximum absolute atomic E-state index is 11.4. The van der Waals surface area contributed by atoms with Gasteiger partial charge in [0.25, 0.3) is 0 Å². The minimum Gasteiger partial charge on any atom is -0.498 e. The van der Waals surface area contributed by atoms with Crippen LogP contribution in [0.25, 0.3) is 0 Å². The molecule has 0 aromatic heterocycles. The third-order valence-corrected chi connectivity index (χ3v) is 3.30. The van der Waals surface area contributed by atoms with Gasteiger partial charge < -0.3 is 14.4 Å². The number of hydrogen-bond donors (Lipinski definition) is 1. The summed E-state index contributed by atoms with van der Waals surface area (Å²) >= 11 is 0. The summed E-state index contributed by atoms with van der Waals surface area (Å²) in [5.74, 6) is 0.553. The standard InChI is InChI=1S/C13H18N2O4/c1-18-10-4-3-9(7-11(10)19-2)5-6-15-8-12(16)14-13(15)17/h3,7,10H,4-6,8H2,1-2H3,(H,14,16,17). The summed E-state index contributed by atoms with van der Waals surface area (Å²) in [5, 5.41) is 2.26. The molecule has 0 bridgehead atoms. The van der Waals surface area contributed by atoms with Crippen molar-refractivity contribution in [1.29, 1.82) is 0 Å². The van der Waals surface area contributed by atoms with E-state index in [1.807, 2.05) is 6.08 Å². The van der Waals surface area contributed by atoms with Crippen LogP contribution >= 0.6 is 0 Å². The van der Waals surface area contributed by atoms with Gasteiger partial charge in [0.15, 0.2) is 0 Å². The van der Waals surface area contributed by atoms with Crippen LogP contribution in [0.4, 0.5) is 4.79 Å². The van der Waals surface area contributed by atoms with E-state index >= 15 is 0 Å². The smallest absolute Gasteiger partial charge is 0.324 e. The number of allylic oxidation sites excluding steroid dienone is 1. The lowest BCUT2D eigenvalue weighted by molar-refractivity contribution is -0.118. The first-order valence-corrected chi connectivity index (χ1v) is 6.20. The summed E-state index contributed by atoms with van der Waals surface area (Å²) in [6.07, 6.45) is 5.44. The van der Waals surface area contributed by atoms with Crippen molar-refractivity contribution < 1.29 is 19.1 Å². The Balaban J connectivity index is 1.90. The van der Waals surface area contributed by atoms with Gasteiger partial charge in [-0.15, -0.1) is 0 Å². The Morgan fingerprint density at radius 1 is 1.42 bits per heavy atom. The van der Waals surface area contributed by atoms with Crippen LogP contribution in [0, 0.1) is 0 Å². The number of rotatable bonds is 5. The van der Waals surface area contributed by atoms with Gasteiger partial charge in [0.2, 0.25) is 5.91 Å². The monoisotopic (exact) mass is 266 g/mol. The fourth-order valence-electron chi connectivity index (χ4n) is 2.21. The lowest BCUT2D eigenvalue weighted by atomic mass is 10.0. The third-order valence-electron chi connectivity index (χ3n) is 3.30. The van der Waals surface area contributed by atoms with E-state index in [0.717, 1.165) is 17.8 Å². The summed E-state index contributed by atoms with van der Waals surface area (Å²) < 4.78 is 10.6. The SMILES string of the molecule is COC1=CC(CCN2CC(=O)NC2=O)=CCC1OC. The molecule has 1 aliphatic carbocycles. The summed E-state index contributed by atoms with van der Waals surface area (Å²) in [5.41, 5.74) is 1.09. The van der Waals surface area contributed by atoms with Crippen molar-refractivity contribution in [2.24, 2.45) is 0 Å². The third kappa shape index (κ3) is 3.14. The molecular formula is C13H18N2O4. The second-order valence-electron chi connectivity index (χ2n) is 4.51. The Bertz CT molecular complexity index is 442. The highest BCUT2D eigenvalue weighted by atomic mass is 16.5.